The molecule has 2 fully saturated rings. The zero-order valence-electron chi connectivity index (χ0n) is 60.8. The van der Waals surface area contributed by atoms with Crippen molar-refractivity contribution >= 4 is 78.5 Å². The number of hydrogen-bond donors (Lipinski definition) is 4. The lowest BCUT2D eigenvalue weighted by Gasteiger charge is -2.36. The third-order valence-electron chi connectivity index (χ3n) is 20.6. The van der Waals surface area contributed by atoms with Crippen molar-refractivity contribution in [3.05, 3.63) is 238 Å². The Kier molecular flexibility index (Phi) is 19.9. The van der Waals surface area contributed by atoms with Gasteiger partial charge in [0.15, 0.2) is 0 Å². The van der Waals surface area contributed by atoms with Crippen molar-refractivity contribution in [2.45, 2.75) is 116 Å². The average Bonchev–Trinajstić information content (AvgIpc) is 0.696. The van der Waals surface area contributed by atoms with Crippen LogP contribution < -0.4 is 40.2 Å². The summed E-state index contributed by atoms with van der Waals surface area (Å²) < 4.78 is 40.2. The van der Waals surface area contributed by atoms with Gasteiger partial charge in [-0.1, -0.05) is 165 Å². The smallest absolute Gasteiger partial charge is 0.262 e. The minimum Gasteiger partial charge on any atom is -0.457 e. The fourth-order valence-electron chi connectivity index (χ4n) is 14.6. The average molecular weight is 1420 g/mol. The fraction of sp³-hybridized carbons (Fsp3) is 0.295. The van der Waals surface area contributed by atoms with Gasteiger partial charge in [0.05, 0.1) is 47.7 Å². The van der Waals surface area contributed by atoms with Crippen LogP contribution in [0.1, 0.15) is 154 Å². The number of carbonyl (C=O) groups excluding carboxylic acids is 6. The first-order valence-corrected chi connectivity index (χ1v) is 36.9. The van der Waals surface area contributed by atoms with Crippen LogP contribution in [-0.4, -0.2) is 122 Å². The minimum absolute atomic E-state index is 0.0302. The summed E-state index contributed by atoms with van der Waals surface area (Å²) in [5, 5.41) is 15.1. The summed E-state index contributed by atoms with van der Waals surface area (Å²) in [7, 11) is 0. The second kappa shape index (κ2) is 29.9. The van der Waals surface area contributed by atoms with Crippen molar-refractivity contribution in [3.63, 3.8) is 0 Å². The standard InChI is InChI=1S/C88H86N6O12/c1-49(2)55-19-27-59(28-20-55)103-71-41-65-75-66(86(98)93(85(65)97)69(39-53-15-11-9-12-16-53)83(95)91-37-35-89-45-63-47-101-63)43-73(105-61-31-23-57(24-32-61)51(5)6)79-80-74(106-62-33-25-58(26-34-62)52(7)8)44-68-76-67(42-72(78(82(76)80)77(71)81(75)79)104-60-29-21-56(22-30-60)50(3)4)87(99)94(88(68)100)70(40-54-17-13-10-14-18-54)84(96)92-38-36-90-46-64-48-102-64/h9-34,41-44,49-52,63-64,69-70,89-90H,35-40,45-48H2,1-8H3,(H,91,95)(H,92,96). The molecule has 4 aliphatic heterocycles. The molecular weight excluding hydrogens is 1330 g/mol. The highest BCUT2D eigenvalue weighted by atomic mass is 16.6. The Labute approximate surface area is 616 Å². The van der Waals surface area contributed by atoms with Crippen molar-refractivity contribution in [3.8, 4) is 46.0 Å². The maximum absolute atomic E-state index is 16.5. The molecule has 0 aromatic heterocycles. The molecule has 6 amide bonds. The third-order valence-corrected chi connectivity index (χ3v) is 20.6. The van der Waals surface area contributed by atoms with Gasteiger partial charge in [-0.15, -0.1) is 0 Å². The molecule has 11 aromatic carbocycles. The Hall–Kier alpha value is -11.0. The lowest BCUT2D eigenvalue weighted by Crippen LogP contribution is -2.55. The molecule has 4 atom stereocenters. The predicted octanol–water partition coefficient (Wildman–Crippen LogP) is 16.0. The Morgan fingerprint density at radius 2 is 0.632 bits per heavy atom. The molecule has 2 saturated heterocycles. The van der Waals surface area contributed by atoms with Gasteiger partial charge in [0.2, 0.25) is 11.8 Å². The van der Waals surface area contributed by atoms with Crippen molar-refractivity contribution < 1.29 is 57.2 Å². The molecule has 106 heavy (non-hydrogen) atoms. The van der Waals surface area contributed by atoms with Gasteiger partial charge < -0.3 is 49.7 Å². The summed E-state index contributed by atoms with van der Waals surface area (Å²) in [5.74, 6) is -1.48. The Morgan fingerprint density at radius 3 is 0.877 bits per heavy atom. The van der Waals surface area contributed by atoms with Gasteiger partial charge in [-0.2, -0.15) is 0 Å². The van der Waals surface area contributed by atoms with Crippen LogP contribution in [0.2, 0.25) is 0 Å². The van der Waals surface area contributed by atoms with E-state index in [0.29, 0.717) is 106 Å². The van der Waals surface area contributed by atoms with E-state index in [0.717, 1.165) is 32.1 Å². The quantitative estimate of drug-likeness (QED) is 0.0108. The normalized spacial score (nSPS) is 16.0. The molecule has 4 unspecified atom stereocenters. The summed E-state index contributed by atoms with van der Waals surface area (Å²) in [6.45, 7) is 20.5. The first-order valence-electron chi connectivity index (χ1n) is 36.9. The summed E-state index contributed by atoms with van der Waals surface area (Å²) in [5.41, 5.74) is 5.73. The zero-order chi connectivity index (χ0) is 73.6. The topological polar surface area (TPSA) is 219 Å². The van der Waals surface area contributed by atoms with E-state index < -0.39 is 47.5 Å². The van der Waals surface area contributed by atoms with Gasteiger partial charge in [-0.3, -0.25) is 38.6 Å². The number of hydrogen-bond acceptors (Lipinski definition) is 14. The van der Waals surface area contributed by atoms with Crippen molar-refractivity contribution in [1.29, 1.82) is 0 Å². The molecule has 0 spiro atoms. The van der Waals surface area contributed by atoms with E-state index in [9.17, 15) is 0 Å². The predicted molar refractivity (Wildman–Crippen MR) is 410 cm³/mol. The maximum atomic E-state index is 16.5. The molecule has 4 N–H and O–H groups in total. The molecule has 18 heteroatoms. The van der Waals surface area contributed by atoms with Crippen LogP contribution in [0.4, 0.5) is 0 Å². The number of epoxide rings is 2. The monoisotopic (exact) mass is 1420 g/mol. The SMILES string of the molecule is CC(C)c1ccc(Oc2cc3c4c(cc(Oc5ccc(C(C)C)cc5)c5c6c(Oc7ccc(C(C)C)cc7)cc7c8c(cc(Oc9ccc(C(C)C)cc9)c(c2c45)c86)C(=O)N(C(Cc2ccccc2)C(=O)NCCNCC2CO2)C7=O)C(=O)N(C(Cc2ccccc2)C(=O)NCCNCC2CO2)C3=O)cc1. The van der Waals surface area contributed by atoms with Gasteiger partial charge in [0, 0.05) is 95.2 Å². The summed E-state index contributed by atoms with van der Waals surface area (Å²) in [4.78, 5) is 98.7. The number of amides is 6. The highest BCUT2D eigenvalue weighted by molar-refractivity contribution is 6.45. The van der Waals surface area contributed by atoms with E-state index in [4.69, 9.17) is 28.4 Å². The van der Waals surface area contributed by atoms with E-state index in [1.807, 2.05) is 158 Å². The van der Waals surface area contributed by atoms with Crippen molar-refractivity contribution in [1.82, 2.24) is 31.1 Å². The summed E-state index contributed by atoms with van der Waals surface area (Å²) >= 11 is 0. The maximum Gasteiger partial charge on any atom is 0.262 e. The number of rotatable bonds is 30. The van der Waals surface area contributed by atoms with Crippen LogP contribution in [0.15, 0.2) is 182 Å². The van der Waals surface area contributed by atoms with E-state index in [1.54, 1.807) is 24.3 Å². The fourth-order valence-corrected chi connectivity index (χ4v) is 14.6. The van der Waals surface area contributed by atoms with Crippen LogP contribution in [0.25, 0.3) is 43.1 Å². The second-order valence-electron chi connectivity index (χ2n) is 29.3. The molecule has 11 aromatic rings. The highest BCUT2D eigenvalue weighted by Crippen LogP contribution is 2.58. The Balaban J connectivity index is 1.04. The second-order valence-corrected chi connectivity index (χ2v) is 29.3. The van der Waals surface area contributed by atoms with Gasteiger partial charge in [-0.05, 0) is 130 Å². The number of nitrogens with zero attached hydrogens (tertiary/aromatic N) is 2. The molecule has 0 radical (unpaired) electrons. The summed E-state index contributed by atoms with van der Waals surface area (Å²) in [6.07, 6.45) is 0.152. The van der Waals surface area contributed by atoms with Gasteiger partial charge in [-0.25, -0.2) is 0 Å². The van der Waals surface area contributed by atoms with E-state index in [2.05, 4.69) is 76.7 Å². The molecular formula is C88H86N6O12. The molecule has 4 aliphatic rings. The lowest BCUT2D eigenvalue weighted by atomic mass is 9.80. The van der Waals surface area contributed by atoms with Crippen LogP contribution in [0.5, 0.6) is 46.0 Å². The molecule has 4 heterocycles. The Bertz CT molecular complexity index is 4610. The minimum atomic E-state index is -1.37. The van der Waals surface area contributed by atoms with Crippen LogP contribution in [0, 0.1) is 0 Å². The molecule has 18 nitrogen and oxygen atoms in total. The third kappa shape index (κ3) is 14.2. The lowest BCUT2D eigenvalue weighted by molar-refractivity contribution is -0.125. The summed E-state index contributed by atoms with van der Waals surface area (Å²) in [6, 6.07) is 53.1. The molecule has 0 aliphatic carbocycles. The van der Waals surface area contributed by atoms with E-state index in [1.165, 1.54) is 0 Å². The zero-order valence-corrected chi connectivity index (χ0v) is 60.8. The molecule has 0 bridgehead atoms. The number of benzene rings is 11. The van der Waals surface area contributed by atoms with Gasteiger partial charge >= 0.3 is 0 Å². The van der Waals surface area contributed by atoms with Crippen molar-refractivity contribution in [2.24, 2.45) is 0 Å². The van der Waals surface area contributed by atoms with Crippen LogP contribution >= 0.6 is 0 Å². The van der Waals surface area contributed by atoms with E-state index >= 15 is 28.8 Å². The first kappa shape index (κ1) is 70.6. The first-order chi connectivity index (χ1) is 51.3. The largest absolute Gasteiger partial charge is 0.457 e. The molecule has 15 rings (SSSR count). The molecule has 0 saturated carbocycles. The molecule has 540 valence electrons. The Morgan fingerprint density at radius 1 is 0.368 bits per heavy atom. The van der Waals surface area contributed by atoms with Crippen molar-refractivity contribution in [2.75, 3.05) is 52.5 Å². The number of imide groups is 2. The number of fused-ring (bicyclic) bond motifs is 2. The van der Waals surface area contributed by atoms with Gasteiger partial charge in [0.25, 0.3) is 23.6 Å². The number of ether oxygens (including phenoxy) is 6. The van der Waals surface area contributed by atoms with Gasteiger partial charge in [0.1, 0.15) is 58.1 Å². The van der Waals surface area contributed by atoms with Crippen LogP contribution in [-0.2, 0) is 31.9 Å². The van der Waals surface area contributed by atoms with E-state index in [-0.39, 0.29) is 118 Å². The number of nitrogens with one attached hydrogen (secondary N) is 4. The van der Waals surface area contributed by atoms with Crippen LogP contribution in [0.3, 0.4) is 0 Å². The number of carbonyl (C=O) groups is 6. The highest BCUT2D eigenvalue weighted by Gasteiger charge is 2.47.